The van der Waals surface area contributed by atoms with Crippen molar-refractivity contribution in [2.45, 2.75) is 6.92 Å². The number of hydrogen-bond donors (Lipinski definition) is 1. The topological polar surface area (TPSA) is 46.0 Å². The van der Waals surface area contributed by atoms with Gasteiger partial charge in [0.2, 0.25) is 0 Å². The number of aliphatic hydroxyl groups excluding tert-OH is 1. The molecule has 0 spiro atoms. The SMILES string of the molecule is CCO.[Ru].c1ccc(-c2ccccn2)nc1. The van der Waals surface area contributed by atoms with E-state index in [-0.39, 0.29) is 26.1 Å². The molecule has 0 aliphatic rings. The fourth-order valence-corrected chi connectivity index (χ4v) is 1.03. The van der Waals surface area contributed by atoms with Gasteiger partial charge in [-0.15, -0.1) is 0 Å². The number of aromatic nitrogens is 2. The van der Waals surface area contributed by atoms with Gasteiger partial charge < -0.3 is 5.11 Å². The summed E-state index contributed by atoms with van der Waals surface area (Å²) in [7, 11) is 0. The molecular formula is C12H14N2ORu. The molecule has 0 aliphatic carbocycles. The van der Waals surface area contributed by atoms with Crippen molar-refractivity contribution in [2.24, 2.45) is 0 Å². The Morgan fingerprint density at radius 1 is 0.938 bits per heavy atom. The molecule has 4 heteroatoms. The zero-order chi connectivity index (χ0) is 10.9. The van der Waals surface area contributed by atoms with Gasteiger partial charge in [-0.25, -0.2) is 0 Å². The largest absolute Gasteiger partial charge is 0.397 e. The Balaban J connectivity index is 0.000000511. The monoisotopic (exact) mass is 304 g/mol. The standard InChI is InChI=1S/C10H8N2.C2H6O.Ru/c1-3-7-11-9(5-1)10-6-2-4-8-12-10;1-2-3;/h1-8H;3H,2H2,1H3;. The van der Waals surface area contributed by atoms with E-state index in [0.717, 1.165) is 11.4 Å². The van der Waals surface area contributed by atoms with Crippen LogP contribution in [0.4, 0.5) is 0 Å². The molecule has 16 heavy (non-hydrogen) atoms. The summed E-state index contributed by atoms with van der Waals surface area (Å²) in [6.07, 6.45) is 3.54. The average molecular weight is 303 g/mol. The van der Waals surface area contributed by atoms with Crippen LogP contribution in [0.3, 0.4) is 0 Å². The Morgan fingerprint density at radius 2 is 1.31 bits per heavy atom. The molecule has 86 valence electrons. The molecule has 0 atom stereocenters. The molecule has 2 rings (SSSR count). The minimum Gasteiger partial charge on any atom is -0.397 e. The van der Waals surface area contributed by atoms with Crippen molar-refractivity contribution in [3.63, 3.8) is 0 Å². The van der Waals surface area contributed by atoms with Gasteiger partial charge in [0, 0.05) is 38.5 Å². The molecule has 1 N–H and O–H groups in total. The van der Waals surface area contributed by atoms with Gasteiger partial charge in [0.1, 0.15) is 0 Å². The first-order valence-corrected chi connectivity index (χ1v) is 4.81. The summed E-state index contributed by atoms with van der Waals surface area (Å²) in [5.74, 6) is 0. The summed E-state index contributed by atoms with van der Waals surface area (Å²) in [4.78, 5) is 8.37. The Kier molecular flexibility index (Phi) is 8.50. The van der Waals surface area contributed by atoms with Crippen molar-refractivity contribution in [1.82, 2.24) is 9.97 Å². The predicted molar refractivity (Wildman–Crippen MR) is 60.2 cm³/mol. The number of rotatable bonds is 1. The summed E-state index contributed by atoms with van der Waals surface area (Å²) < 4.78 is 0. The van der Waals surface area contributed by atoms with Crippen LogP contribution in [-0.2, 0) is 19.5 Å². The Morgan fingerprint density at radius 3 is 1.56 bits per heavy atom. The Hall–Kier alpha value is -1.12. The predicted octanol–water partition coefficient (Wildman–Crippen LogP) is 2.14. The van der Waals surface area contributed by atoms with E-state index in [1.807, 2.05) is 36.4 Å². The number of aliphatic hydroxyl groups is 1. The van der Waals surface area contributed by atoms with Crippen molar-refractivity contribution in [3.8, 4) is 11.4 Å². The van der Waals surface area contributed by atoms with E-state index in [0.29, 0.717) is 0 Å². The third-order valence-electron chi connectivity index (χ3n) is 1.59. The first-order chi connectivity index (χ1) is 7.38. The molecule has 0 amide bonds. The Labute approximate surface area is 108 Å². The van der Waals surface area contributed by atoms with Crippen LogP contribution in [0.15, 0.2) is 48.8 Å². The first-order valence-electron chi connectivity index (χ1n) is 4.81. The van der Waals surface area contributed by atoms with Gasteiger partial charge in [-0.05, 0) is 31.2 Å². The van der Waals surface area contributed by atoms with Gasteiger partial charge in [0.15, 0.2) is 0 Å². The third kappa shape index (κ3) is 5.10. The zero-order valence-electron chi connectivity index (χ0n) is 9.02. The van der Waals surface area contributed by atoms with E-state index in [4.69, 9.17) is 5.11 Å². The van der Waals surface area contributed by atoms with Crippen LogP contribution in [0.25, 0.3) is 11.4 Å². The van der Waals surface area contributed by atoms with Crippen LogP contribution in [-0.4, -0.2) is 21.7 Å². The van der Waals surface area contributed by atoms with Crippen molar-refractivity contribution in [3.05, 3.63) is 48.8 Å². The van der Waals surface area contributed by atoms with Crippen LogP contribution < -0.4 is 0 Å². The molecule has 2 aromatic rings. The molecule has 0 saturated heterocycles. The number of hydrogen-bond acceptors (Lipinski definition) is 3. The maximum Gasteiger partial charge on any atom is 0.0886 e. The molecule has 2 heterocycles. The summed E-state index contributed by atoms with van der Waals surface area (Å²) in [6, 6.07) is 11.6. The van der Waals surface area contributed by atoms with E-state index < -0.39 is 0 Å². The van der Waals surface area contributed by atoms with Crippen molar-refractivity contribution in [1.29, 1.82) is 0 Å². The maximum absolute atomic E-state index is 7.57. The second-order valence-electron chi connectivity index (χ2n) is 2.75. The van der Waals surface area contributed by atoms with Crippen LogP contribution in [0, 0.1) is 0 Å². The smallest absolute Gasteiger partial charge is 0.0886 e. The summed E-state index contributed by atoms with van der Waals surface area (Å²) in [5, 5.41) is 7.57. The summed E-state index contributed by atoms with van der Waals surface area (Å²) in [6.45, 7) is 1.93. The fourth-order valence-electron chi connectivity index (χ4n) is 1.03. The molecule has 0 aliphatic heterocycles. The number of pyridine rings is 2. The third-order valence-corrected chi connectivity index (χ3v) is 1.59. The normalized spacial score (nSPS) is 8.38. The summed E-state index contributed by atoms with van der Waals surface area (Å²) >= 11 is 0. The average Bonchev–Trinajstić information content (AvgIpc) is 2.32. The summed E-state index contributed by atoms with van der Waals surface area (Å²) in [5.41, 5.74) is 1.83. The molecule has 0 aromatic carbocycles. The molecular weight excluding hydrogens is 289 g/mol. The van der Waals surface area contributed by atoms with E-state index in [9.17, 15) is 0 Å². The van der Waals surface area contributed by atoms with Crippen molar-refractivity contribution in [2.75, 3.05) is 6.61 Å². The first kappa shape index (κ1) is 14.9. The Bertz CT molecular complexity index is 330. The molecule has 0 saturated carbocycles. The minimum atomic E-state index is 0. The molecule has 2 aromatic heterocycles. The molecule has 3 nitrogen and oxygen atoms in total. The van der Waals surface area contributed by atoms with Gasteiger partial charge in [-0.1, -0.05) is 12.1 Å². The van der Waals surface area contributed by atoms with Crippen molar-refractivity contribution < 1.29 is 24.6 Å². The van der Waals surface area contributed by atoms with Gasteiger partial charge >= 0.3 is 0 Å². The quantitative estimate of drug-likeness (QED) is 0.821. The van der Waals surface area contributed by atoms with Crippen LogP contribution in [0.1, 0.15) is 6.92 Å². The van der Waals surface area contributed by atoms with E-state index in [1.54, 1.807) is 19.3 Å². The van der Waals surface area contributed by atoms with E-state index in [2.05, 4.69) is 9.97 Å². The molecule has 0 fully saturated rings. The molecule has 0 unspecified atom stereocenters. The number of nitrogens with zero attached hydrogens (tertiary/aromatic N) is 2. The van der Waals surface area contributed by atoms with E-state index in [1.165, 1.54) is 0 Å². The van der Waals surface area contributed by atoms with Gasteiger partial charge in [0.25, 0.3) is 0 Å². The van der Waals surface area contributed by atoms with E-state index >= 15 is 0 Å². The maximum atomic E-state index is 7.57. The zero-order valence-corrected chi connectivity index (χ0v) is 10.8. The van der Waals surface area contributed by atoms with Gasteiger partial charge in [0.05, 0.1) is 11.4 Å². The van der Waals surface area contributed by atoms with Crippen LogP contribution >= 0.6 is 0 Å². The van der Waals surface area contributed by atoms with Gasteiger partial charge in [-0.3, -0.25) is 9.97 Å². The fraction of sp³-hybridized carbons (Fsp3) is 0.167. The van der Waals surface area contributed by atoms with Crippen LogP contribution in [0.2, 0.25) is 0 Å². The minimum absolute atomic E-state index is 0. The second kappa shape index (κ2) is 9.13. The van der Waals surface area contributed by atoms with Crippen LogP contribution in [0.5, 0.6) is 0 Å². The molecule has 0 bridgehead atoms. The van der Waals surface area contributed by atoms with Gasteiger partial charge in [-0.2, -0.15) is 0 Å². The second-order valence-corrected chi connectivity index (χ2v) is 2.75. The molecule has 0 radical (unpaired) electrons. The van der Waals surface area contributed by atoms with Crippen molar-refractivity contribution >= 4 is 0 Å².